The van der Waals surface area contributed by atoms with Crippen molar-refractivity contribution in [2.45, 2.75) is 11.8 Å². The van der Waals surface area contributed by atoms with Crippen LogP contribution >= 0.6 is 0 Å². The maximum absolute atomic E-state index is 12.6. The normalized spacial score (nSPS) is 11.2. The Labute approximate surface area is 118 Å². The third kappa shape index (κ3) is 2.59. The maximum Gasteiger partial charge on any atom is 0.267 e. The number of anilines is 2. The summed E-state index contributed by atoms with van der Waals surface area (Å²) in [5, 5.41) is 0. The zero-order chi connectivity index (χ0) is 14.8. The number of hydrogen-bond acceptors (Lipinski definition) is 5. The molecule has 0 saturated heterocycles. The number of hydrogen-bond donors (Lipinski definition) is 2. The first-order chi connectivity index (χ1) is 9.46. The number of benzene rings is 1. The van der Waals surface area contributed by atoms with Crippen molar-refractivity contribution in [2.24, 2.45) is 5.84 Å². The van der Waals surface area contributed by atoms with Gasteiger partial charge in [-0.05, 0) is 30.7 Å². The van der Waals surface area contributed by atoms with E-state index in [-0.39, 0.29) is 4.90 Å². The second-order valence-corrected chi connectivity index (χ2v) is 6.27. The number of nitrogen functional groups attached to an aromatic ring is 1. The number of nitrogens with one attached hydrogen (secondary N) is 1. The summed E-state index contributed by atoms with van der Waals surface area (Å²) in [5.74, 6) is 5.35. The molecule has 0 bridgehead atoms. The summed E-state index contributed by atoms with van der Waals surface area (Å²) in [5.41, 5.74) is 4.24. The Bertz CT molecular complexity index is 716. The van der Waals surface area contributed by atoms with Crippen LogP contribution < -0.4 is 15.6 Å². The minimum atomic E-state index is -3.72. The molecular formula is C13H16N4O2S. The Hall–Kier alpha value is -2.12. The van der Waals surface area contributed by atoms with Crippen LogP contribution in [0.3, 0.4) is 0 Å². The lowest BCUT2D eigenvalue weighted by Crippen LogP contribution is -2.28. The van der Waals surface area contributed by atoms with Gasteiger partial charge in [0.05, 0.1) is 11.4 Å². The van der Waals surface area contributed by atoms with Gasteiger partial charge in [0.25, 0.3) is 10.0 Å². The minimum Gasteiger partial charge on any atom is -0.323 e. The lowest BCUT2D eigenvalue weighted by atomic mass is 10.2. The molecule has 1 aromatic heterocycles. The molecule has 0 atom stereocenters. The monoisotopic (exact) mass is 292 g/mol. The molecule has 0 aliphatic heterocycles. The third-order valence-corrected chi connectivity index (χ3v) is 4.76. The van der Waals surface area contributed by atoms with Crippen molar-refractivity contribution in [1.82, 2.24) is 4.98 Å². The van der Waals surface area contributed by atoms with Crippen molar-refractivity contribution in [1.29, 1.82) is 0 Å². The fourth-order valence-corrected chi connectivity index (χ4v) is 3.10. The standard InChI is InChI=1S/C13H16N4O2S/c1-10-4-3-5-11(8-10)17(2)20(18,19)13-9-15-7-6-12(13)16-14/h3-9H,14H2,1-2H3,(H,15,16). The van der Waals surface area contributed by atoms with E-state index in [9.17, 15) is 8.42 Å². The summed E-state index contributed by atoms with van der Waals surface area (Å²) < 4.78 is 26.4. The Morgan fingerprint density at radius 2 is 2.05 bits per heavy atom. The molecule has 7 heteroatoms. The van der Waals surface area contributed by atoms with Crippen molar-refractivity contribution < 1.29 is 8.42 Å². The lowest BCUT2D eigenvalue weighted by molar-refractivity contribution is 0.594. The molecule has 1 heterocycles. The molecule has 3 N–H and O–H groups in total. The molecule has 6 nitrogen and oxygen atoms in total. The lowest BCUT2D eigenvalue weighted by Gasteiger charge is -2.21. The summed E-state index contributed by atoms with van der Waals surface area (Å²) in [6.07, 6.45) is 2.75. The molecule has 0 unspecified atom stereocenters. The summed E-state index contributed by atoms with van der Waals surface area (Å²) in [6.45, 7) is 1.90. The van der Waals surface area contributed by atoms with Crippen LogP contribution in [0, 0.1) is 6.92 Å². The van der Waals surface area contributed by atoms with E-state index in [1.807, 2.05) is 19.1 Å². The minimum absolute atomic E-state index is 0.0338. The van der Waals surface area contributed by atoms with Crippen LogP contribution in [0.4, 0.5) is 11.4 Å². The molecule has 2 rings (SSSR count). The molecule has 0 spiro atoms. The topological polar surface area (TPSA) is 88.3 Å². The number of sulfonamides is 1. The highest BCUT2D eigenvalue weighted by Gasteiger charge is 2.24. The van der Waals surface area contributed by atoms with Crippen LogP contribution in [-0.2, 0) is 10.0 Å². The summed E-state index contributed by atoms with van der Waals surface area (Å²) >= 11 is 0. The molecule has 0 saturated carbocycles. The summed E-state index contributed by atoms with van der Waals surface area (Å²) in [6, 6.07) is 8.75. The SMILES string of the molecule is Cc1cccc(N(C)S(=O)(=O)c2cnccc2NN)c1. The molecular weight excluding hydrogens is 276 g/mol. The van der Waals surface area contributed by atoms with Gasteiger partial charge in [0.15, 0.2) is 0 Å². The Kier molecular flexibility index (Phi) is 3.91. The van der Waals surface area contributed by atoms with Gasteiger partial charge >= 0.3 is 0 Å². The average molecular weight is 292 g/mol. The van der Waals surface area contributed by atoms with E-state index in [2.05, 4.69) is 10.4 Å². The molecule has 2 aromatic rings. The van der Waals surface area contributed by atoms with Gasteiger partial charge in [-0.25, -0.2) is 8.42 Å². The van der Waals surface area contributed by atoms with Gasteiger partial charge in [-0.1, -0.05) is 12.1 Å². The number of nitrogens with zero attached hydrogens (tertiary/aromatic N) is 2. The van der Waals surface area contributed by atoms with Crippen LogP contribution in [0.15, 0.2) is 47.6 Å². The van der Waals surface area contributed by atoms with E-state index in [1.54, 1.807) is 12.1 Å². The quantitative estimate of drug-likeness (QED) is 0.658. The molecule has 0 radical (unpaired) electrons. The van der Waals surface area contributed by atoms with Gasteiger partial charge < -0.3 is 5.43 Å². The smallest absolute Gasteiger partial charge is 0.267 e. The van der Waals surface area contributed by atoms with Gasteiger partial charge in [-0.3, -0.25) is 15.1 Å². The van der Waals surface area contributed by atoms with Crippen molar-refractivity contribution in [2.75, 3.05) is 16.8 Å². The number of aromatic nitrogens is 1. The first-order valence-corrected chi connectivity index (χ1v) is 7.37. The highest BCUT2D eigenvalue weighted by atomic mass is 32.2. The molecule has 0 amide bonds. The van der Waals surface area contributed by atoms with Crippen molar-refractivity contribution >= 4 is 21.4 Å². The van der Waals surface area contributed by atoms with Gasteiger partial charge in [0.1, 0.15) is 4.90 Å². The average Bonchev–Trinajstić information content (AvgIpc) is 2.46. The molecule has 106 valence electrons. The number of pyridine rings is 1. The van der Waals surface area contributed by atoms with E-state index in [0.29, 0.717) is 11.4 Å². The van der Waals surface area contributed by atoms with E-state index < -0.39 is 10.0 Å². The highest BCUT2D eigenvalue weighted by Crippen LogP contribution is 2.26. The van der Waals surface area contributed by atoms with E-state index in [4.69, 9.17) is 5.84 Å². The zero-order valence-corrected chi connectivity index (χ0v) is 12.1. The highest BCUT2D eigenvalue weighted by molar-refractivity contribution is 7.93. The molecule has 1 aromatic carbocycles. The number of rotatable bonds is 4. The summed E-state index contributed by atoms with van der Waals surface area (Å²) in [7, 11) is -2.23. The predicted molar refractivity (Wildman–Crippen MR) is 78.8 cm³/mol. The fraction of sp³-hybridized carbons (Fsp3) is 0.154. The second kappa shape index (κ2) is 5.48. The van der Waals surface area contributed by atoms with Gasteiger partial charge in [-0.15, -0.1) is 0 Å². The first-order valence-electron chi connectivity index (χ1n) is 5.93. The molecule has 0 fully saturated rings. The Morgan fingerprint density at radius 1 is 1.30 bits per heavy atom. The number of hydrazine groups is 1. The van der Waals surface area contributed by atoms with Crippen LogP contribution in [-0.4, -0.2) is 20.4 Å². The van der Waals surface area contributed by atoms with Crippen molar-refractivity contribution in [3.8, 4) is 0 Å². The Morgan fingerprint density at radius 3 is 2.70 bits per heavy atom. The maximum atomic E-state index is 12.6. The molecule has 20 heavy (non-hydrogen) atoms. The second-order valence-electron chi connectivity index (χ2n) is 4.33. The van der Waals surface area contributed by atoms with Crippen LogP contribution in [0.1, 0.15) is 5.56 Å². The van der Waals surface area contributed by atoms with Crippen LogP contribution in [0.5, 0.6) is 0 Å². The van der Waals surface area contributed by atoms with Crippen molar-refractivity contribution in [3.63, 3.8) is 0 Å². The predicted octanol–water partition coefficient (Wildman–Crippen LogP) is 1.50. The van der Waals surface area contributed by atoms with Crippen LogP contribution in [0.25, 0.3) is 0 Å². The number of aryl methyl sites for hydroxylation is 1. The zero-order valence-electron chi connectivity index (χ0n) is 11.2. The fourth-order valence-electron chi connectivity index (χ4n) is 1.81. The largest absolute Gasteiger partial charge is 0.323 e. The van der Waals surface area contributed by atoms with Gasteiger partial charge in [-0.2, -0.15) is 0 Å². The van der Waals surface area contributed by atoms with Crippen molar-refractivity contribution in [3.05, 3.63) is 48.3 Å². The van der Waals surface area contributed by atoms with Gasteiger partial charge in [0.2, 0.25) is 0 Å². The third-order valence-electron chi connectivity index (χ3n) is 2.94. The summed E-state index contributed by atoms with van der Waals surface area (Å²) in [4.78, 5) is 3.89. The molecule has 0 aliphatic carbocycles. The van der Waals surface area contributed by atoms with E-state index >= 15 is 0 Å². The Balaban J connectivity index is 2.50. The van der Waals surface area contributed by atoms with Crippen LogP contribution in [0.2, 0.25) is 0 Å². The first kappa shape index (κ1) is 14.3. The number of nitrogens with two attached hydrogens (primary N) is 1. The van der Waals surface area contributed by atoms with E-state index in [0.717, 1.165) is 5.56 Å². The van der Waals surface area contributed by atoms with Gasteiger partial charge in [0, 0.05) is 19.4 Å². The van der Waals surface area contributed by atoms with E-state index in [1.165, 1.54) is 29.8 Å². The molecule has 0 aliphatic rings.